The maximum absolute atomic E-state index is 11.8. The molecule has 1 aromatic rings. The first-order valence-electron chi connectivity index (χ1n) is 6.02. The molecule has 20 heavy (non-hydrogen) atoms. The molecule has 1 aliphatic rings. The second-order valence-corrected chi connectivity index (χ2v) is 7.94. The van der Waals surface area contributed by atoms with Crippen LogP contribution in [0.2, 0.25) is 0 Å². The maximum Gasteiger partial charge on any atom is 0.340 e. The SMILES string of the molecule is N#CCOC(=O)c1ccccc1S[C@@H]1CCS(=O)(=O)C1. The fraction of sp³-hybridized carbons (Fsp3) is 0.385. The van der Waals surface area contributed by atoms with Crippen molar-refractivity contribution < 1.29 is 17.9 Å². The van der Waals surface area contributed by atoms with Gasteiger partial charge in [0.1, 0.15) is 6.07 Å². The van der Waals surface area contributed by atoms with Crippen LogP contribution in [-0.2, 0) is 14.6 Å². The zero-order chi connectivity index (χ0) is 14.6. The minimum Gasteiger partial charge on any atom is -0.447 e. The molecule has 0 aromatic heterocycles. The number of esters is 1. The molecule has 106 valence electrons. The number of rotatable bonds is 4. The standard InChI is InChI=1S/C13H13NO4S2/c14-6-7-18-13(15)11-3-1-2-4-12(11)19-10-5-8-20(16,17)9-10/h1-4,10H,5,7-9H2/t10-/m1/s1. The van der Waals surface area contributed by atoms with E-state index in [1.807, 2.05) is 0 Å². The molecule has 1 saturated heterocycles. The highest BCUT2D eigenvalue weighted by atomic mass is 32.2. The van der Waals surface area contributed by atoms with E-state index in [0.717, 1.165) is 0 Å². The molecule has 0 spiro atoms. The van der Waals surface area contributed by atoms with E-state index in [1.165, 1.54) is 11.8 Å². The minimum absolute atomic E-state index is 0.0371. The van der Waals surface area contributed by atoms with Crippen LogP contribution in [0.3, 0.4) is 0 Å². The van der Waals surface area contributed by atoms with Gasteiger partial charge in [0, 0.05) is 10.1 Å². The van der Waals surface area contributed by atoms with Crippen molar-refractivity contribution in [1.82, 2.24) is 0 Å². The Balaban J connectivity index is 2.12. The molecule has 0 amide bonds. The summed E-state index contributed by atoms with van der Waals surface area (Å²) in [6.07, 6.45) is 0.592. The van der Waals surface area contributed by atoms with Gasteiger partial charge in [0.2, 0.25) is 0 Å². The van der Waals surface area contributed by atoms with Crippen molar-refractivity contribution in [2.75, 3.05) is 18.1 Å². The number of benzene rings is 1. The summed E-state index contributed by atoms with van der Waals surface area (Å²) in [5, 5.41) is 8.38. The predicted molar refractivity (Wildman–Crippen MR) is 75.3 cm³/mol. The summed E-state index contributed by atoms with van der Waals surface area (Å²) in [5.41, 5.74) is 0.372. The fourth-order valence-corrected chi connectivity index (χ4v) is 5.56. The van der Waals surface area contributed by atoms with Crippen LogP contribution in [-0.4, -0.2) is 37.7 Å². The summed E-state index contributed by atoms with van der Waals surface area (Å²) in [6, 6.07) is 8.61. The molecule has 0 N–H and O–H groups in total. The molecule has 2 rings (SSSR count). The van der Waals surface area contributed by atoms with Crippen molar-refractivity contribution in [1.29, 1.82) is 5.26 Å². The normalized spacial score (nSPS) is 20.2. The lowest BCUT2D eigenvalue weighted by Gasteiger charge is -2.11. The molecule has 1 heterocycles. The molecule has 7 heteroatoms. The van der Waals surface area contributed by atoms with E-state index in [1.54, 1.807) is 30.3 Å². The topological polar surface area (TPSA) is 84.2 Å². The van der Waals surface area contributed by atoms with Crippen LogP contribution in [0.5, 0.6) is 0 Å². The van der Waals surface area contributed by atoms with E-state index in [-0.39, 0.29) is 23.4 Å². The average Bonchev–Trinajstić information content (AvgIpc) is 2.76. The Morgan fingerprint density at radius 3 is 2.85 bits per heavy atom. The second-order valence-electron chi connectivity index (χ2n) is 4.37. The van der Waals surface area contributed by atoms with E-state index < -0.39 is 15.8 Å². The molecule has 1 aromatic carbocycles. The first-order valence-corrected chi connectivity index (χ1v) is 8.72. The average molecular weight is 311 g/mol. The summed E-state index contributed by atoms with van der Waals surface area (Å²) in [4.78, 5) is 12.5. The smallest absolute Gasteiger partial charge is 0.340 e. The molecule has 1 fully saturated rings. The molecular weight excluding hydrogens is 298 g/mol. The number of nitriles is 1. The first-order chi connectivity index (χ1) is 9.52. The van der Waals surface area contributed by atoms with Gasteiger partial charge in [-0.25, -0.2) is 13.2 Å². The lowest BCUT2D eigenvalue weighted by Crippen LogP contribution is -2.09. The number of carbonyl (C=O) groups excluding carboxylic acids is 1. The molecule has 1 atom stereocenters. The number of nitrogens with zero attached hydrogens (tertiary/aromatic N) is 1. The van der Waals surface area contributed by atoms with Gasteiger partial charge >= 0.3 is 5.97 Å². The fourth-order valence-electron chi connectivity index (χ4n) is 1.95. The van der Waals surface area contributed by atoms with Gasteiger partial charge in [-0.3, -0.25) is 0 Å². The van der Waals surface area contributed by atoms with Gasteiger partial charge in [-0.1, -0.05) is 12.1 Å². The van der Waals surface area contributed by atoms with E-state index in [9.17, 15) is 13.2 Å². The summed E-state index contributed by atoms with van der Waals surface area (Å²) in [5.74, 6) is -0.221. The molecule has 0 radical (unpaired) electrons. The van der Waals surface area contributed by atoms with Crippen molar-refractivity contribution in [3.8, 4) is 6.07 Å². The Morgan fingerprint density at radius 2 is 2.20 bits per heavy atom. The highest BCUT2D eigenvalue weighted by Crippen LogP contribution is 2.33. The van der Waals surface area contributed by atoms with Gasteiger partial charge < -0.3 is 4.74 Å². The highest BCUT2D eigenvalue weighted by Gasteiger charge is 2.29. The molecule has 0 saturated carbocycles. The third-order valence-electron chi connectivity index (χ3n) is 2.86. The van der Waals surface area contributed by atoms with Crippen molar-refractivity contribution >= 4 is 27.6 Å². The summed E-state index contributed by atoms with van der Waals surface area (Å²) in [6.45, 7) is -0.296. The van der Waals surface area contributed by atoms with Gasteiger partial charge in [-0.2, -0.15) is 5.26 Å². The number of hydrogen-bond donors (Lipinski definition) is 0. The van der Waals surface area contributed by atoms with Crippen LogP contribution < -0.4 is 0 Å². The number of thioether (sulfide) groups is 1. The van der Waals surface area contributed by atoms with E-state index in [0.29, 0.717) is 16.9 Å². The van der Waals surface area contributed by atoms with Gasteiger partial charge in [0.05, 0.1) is 17.1 Å². The Labute approximate surface area is 121 Å². The maximum atomic E-state index is 11.8. The van der Waals surface area contributed by atoms with E-state index in [4.69, 9.17) is 10.00 Å². The summed E-state index contributed by atoms with van der Waals surface area (Å²) in [7, 11) is -2.94. The van der Waals surface area contributed by atoms with Crippen molar-refractivity contribution in [2.45, 2.75) is 16.6 Å². The number of ether oxygens (including phenoxy) is 1. The minimum atomic E-state index is -2.94. The van der Waals surface area contributed by atoms with Crippen molar-refractivity contribution in [2.24, 2.45) is 0 Å². The van der Waals surface area contributed by atoms with E-state index in [2.05, 4.69) is 0 Å². The van der Waals surface area contributed by atoms with Crippen LogP contribution in [0.4, 0.5) is 0 Å². The summed E-state index contributed by atoms with van der Waals surface area (Å²) < 4.78 is 27.7. The first kappa shape index (κ1) is 14.9. The Morgan fingerprint density at radius 1 is 1.45 bits per heavy atom. The lowest BCUT2D eigenvalue weighted by atomic mass is 10.2. The molecule has 0 bridgehead atoms. The quantitative estimate of drug-likeness (QED) is 0.786. The van der Waals surface area contributed by atoms with Gasteiger partial charge in [0.25, 0.3) is 0 Å². The lowest BCUT2D eigenvalue weighted by molar-refractivity contribution is 0.0551. The Bertz CT molecular complexity index is 649. The highest BCUT2D eigenvalue weighted by molar-refractivity contribution is 8.02. The predicted octanol–water partition coefficient (Wildman–Crippen LogP) is 1.65. The van der Waals surface area contributed by atoms with Crippen LogP contribution >= 0.6 is 11.8 Å². The number of carbonyl (C=O) groups is 1. The molecule has 0 unspecified atom stereocenters. The van der Waals surface area contributed by atoms with Crippen LogP contribution in [0.1, 0.15) is 16.8 Å². The zero-order valence-electron chi connectivity index (χ0n) is 10.6. The third-order valence-corrected chi connectivity index (χ3v) is 6.18. The van der Waals surface area contributed by atoms with Crippen LogP contribution in [0, 0.1) is 11.3 Å². The van der Waals surface area contributed by atoms with Crippen molar-refractivity contribution in [3.05, 3.63) is 29.8 Å². The van der Waals surface area contributed by atoms with Gasteiger partial charge in [0.15, 0.2) is 16.4 Å². The molecule has 1 aliphatic heterocycles. The summed E-state index contributed by atoms with van der Waals surface area (Å²) >= 11 is 1.38. The van der Waals surface area contributed by atoms with Crippen molar-refractivity contribution in [3.63, 3.8) is 0 Å². The van der Waals surface area contributed by atoms with Crippen LogP contribution in [0.25, 0.3) is 0 Å². The van der Waals surface area contributed by atoms with Crippen LogP contribution in [0.15, 0.2) is 29.2 Å². The molecule has 0 aliphatic carbocycles. The molecule has 5 nitrogen and oxygen atoms in total. The second kappa shape index (κ2) is 6.29. The Hall–Kier alpha value is -1.52. The zero-order valence-corrected chi connectivity index (χ0v) is 12.2. The number of sulfone groups is 1. The van der Waals surface area contributed by atoms with E-state index >= 15 is 0 Å². The van der Waals surface area contributed by atoms with Gasteiger partial charge in [-0.05, 0) is 18.6 Å². The van der Waals surface area contributed by atoms with Gasteiger partial charge in [-0.15, -0.1) is 11.8 Å². The molecular formula is C13H13NO4S2. The Kier molecular flexibility index (Phi) is 4.68. The third kappa shape index (κ3) is 3.74. The largest absolute Gasteiger partial charge is 0.447 e. The monoisotopic (exact) mass is 311 g/mol. The number of hydrogen-bond acceptors (Lipinski definition) is 6.